The standard InChI is InChI=1S/C18H26N2O3.ClH/c1-13(23-12-17-4-2-3-7-22-17)18(21)20-9-14-5-6-15-10-19-11-16(15)8-14;/h5-6,8,13,17,19H,2-4,7,9-12H2,1H3,(H,20,21);1H. The Balaban J connectivity index is 0.00000208. The second-order valence-corrected chi connectivity index (χ2v) is 6.39. The van der Waals surface area contributed by atoms with Crippen molar-refractivity contribution in [2.75, 3.05) is 13.2 Å². The molecule has 134 valence electrons. The summed E-state index contributed by atoms with van der Waals surface area (Å²) < 4.78 is 11.3. The number of halogens is 1. The summed E-state index contributed by atoms with van der Waals surface area (Å²) in [7, 11) is 0. The van der Waals surface area contributed by atoms with E-state index in [9.17, 15) is 4.79 Å². The smallest absolute Gasteiger partial charge is 0.249 e. The second-order valence-electron chi connectivity index (χ2n) is 6.39. The largest absolute Gasteiger partial charge is 0.376 e. The number of carbonyl (C=O) groups excluding carboxylic acids is 1. The molecular formula is C18H27ClN2O3. The molecule has 1 saturated heterocycles. The van der Waals surface area contributed by atoms with Gasteiger partial charge in [-0.25, -0.2) is 0 Å². The Labute approximate surface area is 149 Å². The lowest BCUT2D eigenvalue weighted by atomic mass is 10.1. The molecule has 24 heavy (non-hydrogen) atoms. The lowest BCUT2D eigenvalue weighted by Gasteiger charge is -2.23. The maximum atomic E-state index is 12.1. The van der Waals surface area contributed by atoms with Crippen molar-refractivity contribution in [3.8, 4) is 0 Å². The molecular weight excluding hydrogens is 328 g/mol. The van der Waals surface area contributed by atoms with Crippen molar-refractivity contribution in [2.24, 2.45) is 0 Å². The van der Waals surface area contributed by atoms with E-state index < -0.39 is 6.10 Å². The molecule has 0 radical (unpaired) electrons. The molecule has 0 bridgehead atoms. The number of hydrogen-bond donors (Lipinski definition) is 2. The van der Waals surface area contributed by atoms with Crippen molar-refractivity contribution in [2.45, 2.75) is 58.0 Å². The first-order valence-electron chi connectivity index (χ1n) is 8.54. The van der Waals surface area contributed by atoms with E-state index in [0.717, 1.165) is 38.1 Å². The maximum absolute atomic E-state index is 12.1. The summed E-state index contributed by atoms with van der Waals surface area (Å²) >= 11 is 0. The number of fused-ring (bicyclic) bond motifs is 1. The summed E-state index contributed by atoms with van der Waals surface area (Å²) in [5.74, 6) is -0.0700. The van der Waals surface area contributed by atoms with Crippen LogP contribution >= 0.6 is 12.4 Å². The quantitative estimate of drug-likeness (QED) is 0.823. The van der Waals surface area contributed by atoms with Crippen LogP contribution in [0.3, 0.4) is 0 Å². The third kappa shape index (κ3) is 5.18. The van der Waals surface area contributed by atoms with E-state index in [0.29, 0.717) is 13.2 Å². The molecule has 2 heterocycles. The molecule has 6 heteroatoms. The van der Waals surface area contributed by atoms with Crippen LogP contribution in [0.2, 0.25) is 0 Å². The molecule has 1 fully saturated rings. The summed E-state index contributed by atoms with van der Waals surface area (Å²) in [6, 6.07) is 6.38. The predicted octanol–water partition coefficient (Wildman–Crippen LogP) is 2.30. The van der Waals surface area contributed by atoms with E-state index in [1.807, 2.05) is 0 Å². The molecule has 0 saturated carbocycles. The molecule has 0 aliphatic carbocycles. The van der Waals surface area contributed by atoms with Gasteiger partial charge in [0.15, 0.2) is 0 Å². The number of nitrogens with one attached hydrogen (secondary N) is 2. The zero-order valence-corrected chi connectivity index (χ0v) is 15.0. The van der Waals surface area contributed by atoms with Crippen molar-refractivity contribution in [3.63, 3.8) is 0 Å². The van der Waals surface area contributed by atoms with E-state index in [-0.39, 0.29) is 24.4 Å². The Bertz CT molecular complexity index is 547. The molecule has 1 amide bonds. The van der Waals surface area contributed by atoms with E-state index in [1.165, 1.54) is 17.5 Å². The molecule has 5 nitrogen and oxygen atoms in total. The number of carbonyl (C=O) groups is 1. The third-order valence-electron chi connectivity index (χ3n) is 4.54. The zero-order chi connectivity index (χ0) is 16.1. The number of amides is 1. The number of ether oxygens (including phenoxy) is 2. The fourth-order valence-electron chi connectivity index (χ4n) is 3.06. The predicted molar refractivity (Wildman–Crippen MR) is 95.1 cm³/mol. The molecule has 2 aliphatic heterocycles. The van der Waals surface area contributed by atoms with Gasteiger partial charge in [0.05, 0.1) is 12.7 Å². The normalized spacial score (nSPS) is 20.8. The molecule has 0 aromatic heterocycles. The minimum Gasteiger partial charge on any atom is -0.376 e. The molecule has 2 N–H and O–H groups in total. The van der Waals surface area contributed by atoms with Crippen molar-refractivity contribution in [1.29, 1.82) is 0 Å². The summed E-state index contributed by atoms with van der Waals surface area (Å²) in [4.78, 5) is 12.1. The van der Waals surface area contributed by atoms with Gasteiger partial charge in [-0.15, -0.1) is 12.4 Å². The Morgan fingerprint density at radius 2 is 2.21 bits per heavy atom. The van der Waals surface area contributed by atoms with Crippen LogP contribution in [0.25, 0.3) is 0 Å². The molecule has 1 aromatic carbocycles. The van der Waals surface area contributed by atoms with Gasteiger partial charge in [0.2, 0.25) is 5.91 Å². The van der Waals surface area contributed by atoms with Crippen LogP contribution in [0.5, 0.6) is 0 Å². The van der Waals surface area contributed by atoms with Gasteiger partial charge in [-0.2, -0.15) is 0 Å². The lowest BCUT2D eigenvalue weighted by molar-refractivity contribution is -0.135. The minimum absolute atomic E-state index is 0. The van der Waals surface area contributed by atoms with Crippen molar-refractivity contribution in [1.82, 2.24) is 10.6 Å². The highest BCUT2D eigenvalue weighted by Gasteiger charge is 2.19. The first kappa shape index (κ1) is 19.2. The van der Waals surface area contributed by atoms with Crippen molar-refractivity contribution < 1.29 is 14.3 Å². The van der Waals surface area contributed by atoms with Gasteiger partial charge in [0.25, 0.3) is 0 Å². The van der Waals surface area contributed by atoms with E-state index in [2.05, 4.69) is 28.8 Å². The fraction of sp³-hybridized carbons (Fsp3) is 0.611. The number of hydrogen-bond acceptors (Lipinski definition) is 4. The summed E-state index contributed by atoms with van der Waals surface area (Å²) in [5, 5.41) is 6.28. The van der Waals surface area contributed by atoms with Crippen LogP contribution in [0, 0.1) is 0 Å². The van der Waals surface area contributed by atoms with Gasteiger partial charge in [-0.3, -0.25) is 4.79 Å². The van der Waals surface area contributed by atoms with Gasteiger partial charge < -0.3 is 20.1 Å². The van der Waals surface area contributed by atoms with Gasteiger partial charge in [-0.05, 0) is 42.9 Å². The third-order valence-corrected chi connectivity index (χ3v) is 4.54. The van der Waals surface area contributed by atoms with Gasteiger partial charge in [0, 0.05) is 26.2 Å². The number of benzene rings is 1. The minimum atomic E-state index is -0.448. The Kier molecular flexibility index (Phi) is 7.49. The van der Waals surface area contributed by atoms with Crippen LogP contribution in [-0.2, 0) is 33.9 Å². The van der Waals surface area contributed by atoms with Crippen molar-refractivity contribution >= 4 is 18.3 Å². The Morgan fingerprint density at radius 3 is 3.00 bits per heavy atom. The zero-order valence-electron chi connectivity index (χ0n) is 14.2. The van der Waals surface area contributed by atoms with Crippen molar-refractivity contribution in [3.05, 3.63) is 34.9 Å². The van der Waals surface area contributed by atoms with Gasteiger partial charge in [0.1, 0.15) is 6.10 Å². The summed E-state index contributed by atoms with van der Waals surface area (Å²) in [5.41, 5.74) is 3.81. The molecule has 2 unspecified atom stereocenters. The Morgan fingerprint density at radius 1 is 1.38 bits per heavy atom. The monoisotopic (exact) mass is 354 g/mol. The van der Waals surface area contributed by atoms with E-state index >= 15 is 0 Å². The van der Waals surface area contributed by atoms with Crippen LogP contribution in [0.4, 0.5) is 0 Å². The highest BCUT2D eigenvalue weighted by atomic mass is 35.5. The van der Waals surface area contributed by atoms with Crippen LogP contribution < -0.4 is 10.6 Å². The molecule has 2 aliphatic rings. The van der Waals surface area contributed by atoms with E-state index in [1.54, 1.807) is 6.92 Å². The first-order valence-corrected chi connectivity index (χ1v) is 8.54. The molecule has 2 atom stereocenters. The summed E-state index contributed by atoms with van der Waals surface area (Å²) in [6.07, 6.45) is 3.03. The van der Waals surface area contributed by atoms with E-state index in [4.69, 9.17) is 9.47 Å². The summed E-state index contributed by atoms with van der Waals surface area (Å²) in [6.45, 7) is 5.50. The molecule has 1 aromatic rings. The SMILES string of the molecule is CC(OCC1CCCCO1)C(=O)NCc1ccc2c(c1)CNC2.Cl. The molecule has 0 spiro atoms. The lowest BCUT2D eigenvalue weighted by Crippen LogP contribution is -2.36. The van der Waals surface area contributed by atoms with Gasteiger partial charge in [-0.1, -0.05) is 18.2 Å². The average Bonchev–Trinajstić information content (AvgIpc) is 3.06. The second kappa shape index (κ2) is 9.37. The highest BCUT2D eigenvalue weighted by Crippen LogP contribution is 2.17. The maximum Gasteiger partial charge on any atom is 0.249 e. The topological polar surface area (TPSA) is 59.6 Å². The van der Waals surface area contributed by atoms with Crippen LogP contribution in [-0.4, -0.2) is 31.3 Å². The van der Waals surface area contributed by atoms with Crippen LogP contribution in [0.15, 0.2) is 18.2 Å². The average molecular weight is 355 g/mol. The highest BCUT2D eigenvalue weighted by molar-refractivity contribution is 5.85. The van der Waals surface area contributed by atoms with Gasteiger partial charge >= 0.3 is 0 Å². The van der Waals surface area contributed by atoms with Crippen LogP contribution in [0.1, 0.15) is 42.9 Å². The first-order chi connectivity index (χ1) is 11.2. The number of rotatable bonds is 6. The molecule has 3 rings (SSSR count). The Hall–Kier alpha value is -1.14. The fourth-order valence-corrected chi connectivity index (χ4v) is 3.06.